The summed E-state index contributed by atoms with van der Waals surface area (Å²) >= 11 is 1.31. The van der Waals surface area contributed by atoms with Crippen LogP contribution in [-0.2, 0) is 0 Å². The second-order valence-electron chi connectivity index (χ2n) is 2.63. The predicted molar refractivity (Wildman–Crippen MR) is 52.6 cm³/mol. The number of phenolic OH excluding ortho intramolecular Hbond substituents is 1. The smallest absolute Gasteiger partial charge is 0.117 e. The van der Waals surface area contributed by atoms with Gasteiger partial charge in [0.1, 0.15) is 16.8 Å². The maximum Gasteiger partial charge on any atom is 0.117 e. The molecule has 1 aromatic carbocycles. The first-order valence-electron chi connectivity index (χ1n) is 3.63. The maximum atomic E-state index is 9.19. The number of benzene rings is 1. The summed E-state index contributed by atoms with van der Waals surface area (Å²) in [5.41, 5.74) is 6.13. The molecule has 0 saturated heterocycles. The monoisotopic (exact) mass is 190 g/mol. The van der Waals surface area contributed by atoms with Crippen molar-refractivity contribution in [2.75, 3.05) is 5.73 Å². The van der Waals surface area contributed by atoms with Gasteiger partial charge in [0.05, 0.1) is 5.56 Å². The fourth-order valence-electron chi connectivity index (χ4n) is 1.22. The Morgan fingerprint density at radius 1 is 1.46 bits per heavy atom. The number of hydrogen-bond acceptors (Lipinski definition) is 4. The van der Waals surface area contributed by atoms with E-state index in [1.165, 1.54) is 11.3 Å². The Morgan fingerprint density at radius 3 is 2.92 bits per heavy atom. The summed E-state index contributed by atoms with van der Waals surface area (Å²) < 4.78 is 0.842. The van der Waals surface area contributed by atoms with Gasteiger partial charge < -0.3 is 10.8 Å². The molecule has 0 amide bonds. The molecule has 3 nitrogen and oxygen atoms in total. The SMILES string of the molecule is N#Cc1c(N)sc2cc(O)ccc12. The molecule has 1 aromatic heterocycles. The van der Waals surface area contributed by atoms with Crippen molar-refractivity contribution in [3.63, 3.8) is 0 Å². The van der Waals surface area contributed by atoms with E-state index in [9.17, 15) is 5.11 Å². The summed E-state index contributed by atoms with van der Waals surface area (Å²) in [6.07, 6.45) is 0. The summed E-state index contributed by atoms with van der Waals surface area (Å²) in [5, 5.41) is 19.3. The summed E-state index contributed by atoms with van der Waals surface area (Å²) in [6.45, 7) is 0. The van der Waals surface area contributed by atoms with Crippen molar-refractivity contribution in [1.29, 1.82) is 5.26 Å². The van der Waals surface area contributed by atoms with Crippen molar-refractivity contribution >= 4 is 26.4 Å². The van der Waals surface area contributed by atoms with Crippen LogP contribution in [0, 0.1) is 11.3 Å². The van der Waals surface area contributed by atoms with Gasteiger partial charge in [-0.15, -0.1) is 11.3 Å². The molecule has 0 atom stereocenters. The van der Waals surface area contributed by atoms with Crippen LogP contribution in [0.25, 0.3) is 10.1 Å². The standard InChI is InChI=1S/C9H6N2OS/c10-4-7-6-2-1-5(12)3-8(6)13-9(7)11/h1-3,12H,11H2. The number of thiophene rings is 1. The van der Waals surface area contributed by atoms with Gasteiger partial charge in [0.2, 0.25) is 0 Å². The van der Waals surface area contributed by atoms with Gasteiger partial charge in [-0.1, -0.05) is 0 Å². The van der Waals surface area contributed by atoms with Gasteiger partial charge in [-0.25, -0.2) is 0 Å². The number of phenols is 1. The number of nitrogen functional groups attached to an aromatic ring is 1. The van der Waals surface area contributed by atoms with Gasteiger partial charge >= 0.3 is 0 Å². The highest BCUT2D eigenvalue weighted by atomic mass is 32.1. The van der Waals surface area contributed by atoms with E-state index in [2.05, 4.69) is 0 Å². The third kappa shape index (κ3) is 1.10. The molecule has 2 rings (SSSR count). The van der Waals surface area contributed by atoms with E-state index in [-0.39, 0.29) is 5.75 Å². The summed E-state index contributed by atoms with van der Waals surface area (Å²) in [7, 11) is 0. The molecule has 0 fully saturated rings. The zero-order valence-electron chi connectivity index (χ0n) is 6.61. The Hall–Kier alpha value is -1.73. The van der Waals surface area contributed by atoms with E-state index < -0.39 is 0 Å². The Balaban J connectivity index is 2.88. The lowest BCUT2D eigenvalue weighted by Gasteiger charge is -1.90. The van der Waals surface area contributed by atoms with Crippen LogP contribution in [0.2, 0.25) is 0 Å². The zero-order chi connectivity index (χ0) is 9.42. The molecular weight excluding hydrogens is 184 g/mol. The van der Waals surface area contributed by atoms with Crippen molar-refractivity contribution in [1.82, 2.24) is 0 Å². The van der Waals surface area contributed by atoms with E-state index in [1.54, 1.807) is 18.2 Å². The molecule has 0 saturated carbocycles. The second kappa shape index (κ2) is 2.64. The minimum Gasteiger partial charge on any atom is -0.508 e. The fraction of sp³-hybridized carbons (Fsp3) is 0. The van der Waals surface area contributed by atoms with Crippen molar-refractivity contribution in [2.24, 2.45) is 0 Å². The molecule has 64 valence electrons. The van der Waals surface area contributed by atoms with Gasteiger partial charge in [0, 0.05) is 10.1 Å². The molecule has 0 aliphatic heterocycles. The first-order valence-corrected chi connectivity index (χ1v) is 4.45. The Kier molecular flexibility index (Phi) is 1.61. The number of anilines is 1. The van der Waals surface area contributed by atoms with Crippen molar-refractivity contribution < 1.29 is 5.11 Å². The number of aromatic hydroxyl groups is 1. The van der Waals surface area contributed by atoms with E-state index in [1.807, 2.05) is 6.07 Å². The molecule has 0 radical (unpaired) electrons. The molecule has 0 bridgehead atoms. The lowest BCUT2D eigenvalue weighted by Crippen LogP contribution is -1.81. The van der Waals surface area contributed by atoms with E-state index >= 15 is 0 Å². The predicted octanol–water partition coefficient (Wildman–Crippen LogP) is 2.06. The zero-order valence-corrected chi connectivity index (χ0v) is 7.43. The van der Waals surface area contributed by atoms with Crippen LogP contribution in [0.1, 0.15) is 5.56 Å². The third-order valence-corrected chi connectivity index (χ3v) is 2.79. The summed E-state index contributed by atoms with van der Waals surface area (Å²) in [5.74, 6) is 0.193. The number of nitrogens with zero attached hydrogens (tertiary/aromatic N) is 1. The molecular formula is C9H6N2OS. The Labute approximate surface area is 78.6 Å². The topological polar surface area (TPSA) is 70.0 Å². The van der Waals surface area contributed by atoms with Crippen LogP contribution >= 0.6 is 11.3 Å². The molecule has 0 unspecified atom stereocenters. The molecule has 13 heavy (non-hydrogen) atoms. The molecule has 3 N–H and O–H groups in total. The third-order valence-electron chi connectivity index (χ3n) is 1.81. The van der Waals surface area contributed by atoms with Crippen LogP contribution in [0.4, 0.5) is 5.00 Å². The van der Waals surface area contributed by atoms with Gasteiger partial charge in [-0.05, 0) is 18.2 Å². The second-order valence-corrected chi connectivity index (χ2v) is 3.72. The van der Waals surface area contributed by atoms with Crippen molar-refractivity contribution in [3.8, 4) is 11.8 Å². The van der Waals surface area contributed by atoms with Crippen LogP contribution in [0.5, 0.6) is 5.75 Å². The number of nitriles is 1. The summed E-state index contributed by atoms with van der Waals surface area (Å²) in [4.78, 5) is 0. The summed E-state index contributed by atoms with van der Waals surface area (Å²) in [6, 6.07) is 6.91. The molecule has 0 aliphatic rings. The average molecular weight is 190 g/mol. The van der Waals surface area contributed by atoms with Crippen LogP contribution in [0.15, 0.2) is 18.2 Å². The lowest BCUT2D eigenvalue weighted by atomic mass is 10.2. The minimum absolute atomic E-state index is 0.193. The van der Waals surface area contributed by atoms with Gasteiger partial charge in [-0.2, -0.15) is 5.26 Å². The first kappa shape index (κ1) is 7.90. The van der Waals surface area contributed by atoms with Gasteiger partial charge in [-0.3, -0.25) is 0 Å². The number of nitrogens with two attached hydrogens (primary N) is 1. The van der Waals surface area contributed by atoms with E-state index in [4.69, 9.17) is 11.0 Å². The van der Waals surface area contributed by atoms with Crippen molar-refractivity contribution in [3.05, 3.63) is 23.8 Å². The lowest BCUT2D eigenvalue weighted by molar-refractivity contribution is 0.476. The van der Waals surface area contributed by atoms with Crippen molar-refractivity contribution in [2.45, 2.75) is 0 Å². The largest absolute Gasteiger partial charge is 0.508 e. The maximum absolute atomic E-state index is 9.19. The normalized spacial score (nSPS) is 10.1. The van der Waals surface area contributed by atoms with E-state index in [0.717, 1.165) is 10.1 Å². The fourth-order valence-corrected chi connectivity index (χ4v) is 2.17. The highest BCUT2D eigenvalue weighted by Crippen LogP contribution is 2.34. The van der Waals surface area contributed by atoms with Crippen LogP contribution in [-0.4, -0.2) is 5.11 Å². The highest BCUT2D eigenvalue weighted by molar-refractivity contribution is 7.23. The highest BCUT2D eigenvalue weighted by Gasteiger charge is 2.08. The Bertz CT molecular complexity index is 510. The Morgan fingerprint density at radius 2 is 2.23 bits per heavy atom. The number of rotatable bonds is 0. The van der Waals surface area contributed by atoms with Gasteiger partial charge in [0.25, 0.3) is 0 Å². The molecule has 2 aromatic rings. The molecule has 4 heteroatoms. The van der Waals surface area contributed by atoms with Crippen LogP contribution < -0.4 is 5.73 Å². The molecule has 0 spiro atoms. The average Bonchev–Trinajstić information content (AvgIpc) is 2.39. The minimum atomic E-state index is 0.193. The van der Waals surface area contributed by atoms with E-state index in [0.29, 0.717) is 10.6 Å². The quantitative estimate of drug-likeness (QED) is 0.668. The van der Waals surface area contributed by atoms with Crippen LogP contribution in [0.3, 0.4) is 0 Å². The number of fused-ring (bicyclic) bond motifs is 1. The first-order chi connectivity index (χ1) is 6.22. The molecule has 1 heterocycles. The molecule has 0 aliphatic carbocycles. The van der Waals surface area contributed by atoms with Gasteiger partial charge in [0.15, 0.2) is 0 Å². The number of hydrogen-bond donors (Lipinski definition) is 2.